The molecule has 0 spiro atoms. The molecule has 2 saturated heterocycles. The molecule has 0 aliphatic carbocycles. The second-order valence-electron chi connectivity index (χ2n) is 6.03. The van der Waals surface area contributed by atoms with E-state index in [9.17, 15) is 9.59 Å². The van der Waals surface area contributed by atoms with E-state index in [-0.39, 0.29) is 11.3 Å². The number of halogens is 1. The van der Waals surface area contributed by atoms with E-state index >= 15 is 0 Å². The van der Waals surface area contributed by atoms with Gasteiger partial charge in [-0.15, -0.1) is 11.8 Å². The molecule has 3 atom stereocenters. The van der Waals surface area contributed by atoms with E-state index in [4.69, 9.17) is 18.3 Å². The van der Waals surface area contributed by atoms with Crippen LogP contribution in [0, 0.1) is 0 Å². The van der Waals surface area contributed by atoms with Gasteiger partial charge in [-0.1, -0.05) is 13.3 Å². The maximum absolute atomic E-state index is 12.7. The average Bonchev–Trinajstić information content (AvgIpc) is 2.82. The number of nitrogens with zero attached hydrogens (tertiary/aromatic N) is 1. The Bertz CT molecular complexity index is 506. The fraction of sp³-hybridized carbons (Fsp3) is 0.857. The summed E-state index contributed by atoms with van der Waals surface area (Å²) in [7, 11) is 1.05. The lowest BCUT2D eigenvalue weighted by molar-refractivity contribution is -0.179. The lowest BCUT2D eigenvalue weighted by Gasteiger charge is -2.49. The summed E-state index contributed by atoms with van der Waals surface area (Å²) in [4.78, 5) is 26.8. The molecule has 0 aromatic carbocycles. The summed E-state index contributed by atoms with van der Waals surface area (Å²) in [6, 6.07) is -0.712. The van der Waals surface area contributed by atoms with E-state index in [1.54, 1.807) is 0 Å². The Morgan fingerprint density at radius 2 is 2.00 bits per heavy atom. The van der Waals surface area contributed by atoms with Gasteiger partial charge in [0.2, 0.25) is 4.51 Å². The zero-order chi connectivity index (χ0) is 18.1. The number of hydrogen-bond donors (Lipinski definition) is 0. The molecule has 2 fully saturated rings. The summed E-state index contributed by atoms with van der Waals surface area (Å²) in [6.45, 7) is 6.38. The summed E-state index contributed by atoms with van der Waals surface area (Å²) < 4.78 is 19.4. The number of ether oxygens (including phenoxy) is 1. The molecule has 0 N–H and O–H groups in total. The quantitative estimate of drug-likeness (QED) is 0.247. The maximum Gasteiger partial charge on any atom is 0.398 e. The first kappa shape index (κ1) is 20.4. The molecule has 1 unspecified atom stereocenters. The van der Waals surface area contributed by atoms with Crippen LogP contribution in [0.15, 0.2) is 0 Å². The molecule has 1 amide bonds. The molecule has 0 aromatic rings. The molecule has 138 valence electrons. The van der Waals surface area contributed by atoms with Crippen LogP contribution in [0.3, 0.4) is 0 Å². The molecule has 7 nitrogen and oxygen atoms in total. The van der Waals surface area contributed by atoms with E-state index in [1.807, 2.05) is 13.8 Å². The van der Waals surface area contributed by atoms with Gasteiger partial charge >= 0.3 is 14.6 Å². The highest BCUT2D eigenvalue weighted by atomic mass is 79.9. The lowest BCUT2D eigenvalue weighted by Crippen LogP contribution is -2.71. The van der Waals surface area contributed by atoms with E-state index in [0.717, 1.165) is 12.8 Å². The van der Waals surface area contributed by atoms with Gasteiger partial charge in [0.15, 0.2) is 0 Å². The highest BCUT2D eigenvalue weighted by molar-refractivity contribution is 9.10. The standard InChI is InChI=1S/C14H23BrNO6PS/c1-6-7-8-21-14(15)11(18)16-9(13(2,3)24-12(14)16)10(17)22-23(19-4)20-5/h9,12H,6-8H2,1-5H3/t9-,12+,14?/m0/s1. The summed E-state index contributed by atoms with van der Waals surface area (Å²) in [5.41, 5.74) is 0. The summed E-state index contributed by atoms with van der Waals surface area (Å²) in [5.74, 6) is -0.774. The normalized spacial score (nSPS) is 31.1. The van der Waals surface area contributed by atoms with Gasteiger partial charge in [-0.3, -0.25) is 4.79 Å². The van der Waals surface area contributed by atoms with Crippen LogP contribution in [0.2, 0.25) is 0 Å². The zero-order valence-corrected chi connectivity index (χ0v) is 17.7. The smallest absolute Gasteiger partial charge is 0.393 e. The molecule has 2 aliphatic heterocycles. The fourth-order valence-electron chi connectivity index (χ4n) is 2.74. The Kier molecular flexibility index (Phi) is 6.59. The predicted molar refractivity (Wildman–Crippen MR) is 95.6 cm³/mol. The molecule has 2 aliphatic rings. The van der Waals surface area contributed by atoms with Crippen molar-refractivity contribution in [2.24, 2.45) is 0 Å². The highest BCUT2D eigenvalue weighted by Crippen LogP contribution is 2.59. The molecule has 0 aromatic heterocycles. The van der Waals surface area contributed by atoms with Crippen molar-refractivity contribution < 1.29 is 27.9 Å². The Labute approximate surface area is 156 Å². The number of fused-ring (bicyclic) bond motifs is 1. The van der Waals surface area contributed by atoms with Crippen LogP contribution >= 0.6 is 36.3 Å². The van der Waals surface area contributed by atoms with Crippen LogP contribution in [0.4, 0.5) is 0 Å². The van der Waals surface area contributed by atoms with Crippen LogP contribution in [-0.4, -0.2) is 58.3 Å². The first-order valence-corrected chi connectivity index (χ1v) is 10.4. The molecule has 0 bridgehead atoms. The third-order valence-electron chi connectivity index (χ3n) is 3.94. The van der Waals surface area contributed by atoms with E-state index in [1.165, 1.54) is 30.9 Å². The molecule has 10 heteroatoms. The van der Waals surface area contributed by atoms with Crippen LogP contribution in [-0.2, 0) is 27.9 Å². The molecule has 0 radical (unpaired) electrons. The van der Waals surface area contributed by atoms with E-state index in [2.05, 4.69) is 22.9 Å². The number of carbonyl (C=O) groups is 2. The number of hydrogen-bond acceptors (Lipinski definition) is 7. The van der Waals surface area contributed by atoms with Gasteiger partial charge < -0.3 is 23.2 Å². The van der Waals surface area contributed by atoms with Crippen LogP contribution < -0.4 is 0 Å². The predicted octanol–water partition coefficient (Wildman–Crippen LogP) is 3.02. The topological polar surface area (TPSA) is 74.3 Å². The van der Waals surface area contributed by atoms with Crippen molar-refractivity contribution in [1.82, 2.24) is 4.90 Å². The summed E-state index contributed by atoms with van der Waals surface area (Å²) in [5, 5.41) is -0.272. The van der Waals surface area contributed by atoms with Gasteiger partial charge in [0.05, 0.1) is 0 Å². The SMILES string of the molecule is CCCCOC1(Br)C(=O)N2[C@@H](C(=O)OP(OC)OC)C(C)(C)S[C@@H]21. The largest absolute Gasteiger partial charge is 0.398 e. The van der Waals surface area contributed by atoms with Gasteiger partial charge in [-0.25, -0.2) is 4.79 Å². The number of alkyl halides is 1. The highest BCUT2D eigenvalue weighted by Gasteiger charge is 2.72. The minimum absolute atomic E-state index is 0.247. The minimum Gasteiger partial charge on any atom is -0.393 e. The van der Waals surface area contributed by atoms with Gasteiger partial charge in [0, 0.05) is 25.6 Å². The zero-order valence-electron chi connectivity index (χ0n) is 14.4. The number of rotatable bonds is 8. The molecule has 2 heterocycles. The molecule has 0 saturated carbocycles. The van der Waals surface area contributed by atoms with Crippen molar-refractivity contribution in [3.63, 3.8) is 0 Å². The number of carbonyl (C=O) groups excluding carboxylic acids is 2. The second-order valence-corrected chi connectivity index (χ2v) is 10.3. The van der Waals surface area contributed by atoms with Crippen LogP contribution in [0.1, 0.15) is 33.6 Å². The van der Waals surface area contributed by atoms with Crippen molar-refractivity contribution in [2.75, 3.05) is 20.8 Å². The van der Waals surface area contributed by atoms with Crippen molar-refractivity contribution in [3.05, 3.63) is 0 Å². The van der Waals surface area contributed by atoms with Crippen LogP contribution in [0.5, 0.6) is 0 Å². The fourth-order valence-corrected chi connectivity index (χ4v) is 5.72. The molecule has 2 rings (SSSR count). The monoisotopic (exact) mass is 443 g/mol. The van der Waals surface area contributed by atoms with Crippen molar-refractivity contribution in [1.29, 1.82) is 0 Å². The number of amides is 1. The van der Waals surface area contributed by atoms with Gasteiger partial charge in [0.1, 0.15) is 11.4 Å². The van der Waals surface area contributed by atoms with Crippen molar-refractivity contribution in [3.8, 4) is 0 Å². The van der Waals surface area contributed by atoms with Crippen molar-refractivity contribution >= 4 is 48.2 Å². The Morgan fingerprint density at radius 3 is 2.54 bits per heavy atom. The number of β-lactam (4-membered cyclic amide) rings is 1. The number of unbranched alkanes of at least 4 members (excludes halogenated alkanes) is 1. The second kappa shape index (κ2) is 7.76. The molecule has 24 heavy (non-hydrogen) atoms. The lowest BCUT2D eigenvalue weighted by atomic mass is 9.97. The number of thioether (sulfide) groups is 1. The third kappa shape index (κ3) is 3.48. The van der Waals surface area contributed by atoms with Crippen molar-refractivity contribution in [2.45, 2.75) is 54.3 Å². The first-order valence-electron chi connectivity index (χ1n) is 7.66. The maximum atomic E-state index is 12.7. The Hall–Kier alpha value is 0.0800. The first-order chi connectivity index (χ1) is 11.2. The minimum atomic E-state index is -1.75. The summed E-state index contributed by atoms with van der Waals surface area (Å²) >= 11 is 4.97. The third-order valence-corrected chi connectivity index (χ3v) is 7.79. The van der Waals surface area contributed by atoms with E-state index < -0.39 is 29.9 Å². The molecular formula is C14H23BrNO6PS. The summed E-state index contributed by atoms with van der Waals surface area (Å²) in [6.07, 6.45) is 1.86. The Balaban J connectivity index is 2.13. The van der Waals surface area contributed by atoms with Gasteiger partial charge in [-0.05, 0) is 36.2 Å². The Morgan fingerprint density at radius 1 is 1.38 bits per heavy atom. The van der Waals surface area contributed by atoms with Crippen LogP contribution in [0.25, 0.3) is 0 Å². The molecular weight excluding hydrogens is 421 g/mol. The van der Waals surface area contributed by atoms with E-state index in [0.29, 0.717) is 6.61 Å². The van der Waals surface area contributed by atoms with Gasteiger partial charge in [0.25, 0.3) is 5.91 Å². The average molecular weight is 444 g/mol. The van der Waals surface area contributed by atoms with Gasteiger partial charge in [-0.2, -0.15) is 0 Å².